The number of carbonyl (C=O) groups is 1. The summed E-state index contributed by atoms with van der Waals surface area (Å²) < 4.78 is 0. The van der Waals surface area contributed by atoms with Gasteiger partial charge < -0.3 is 11.1 Å². The number of unbranched alkanes of at least 4 members (excludes halogenated alkanes) is 1. The highest BCUT2D eigenvalue weighted by atomic mass is 16.1. The highest BCUT2D eigenvalue weighted by molar-refractivity contribution is 5.91. The normalized spacial score (nSPS) is 10.0. The highest BCUT2D eigenvalue weighted by Crippen LogP contribution is 2.14. The molecular weight excluding hydrogens is 264 g/mol. The fourth-order valence-corrected chi connectivity index (χ4v) is 1.75. The van der Waals surface area contributed by atoms with Gasteiger partial charge in [0.1, 0.15) is 11.5 Å². The van der Waals surface area contributed by atoms with Gasteiger partial charge in [0.15, 0.2) is 5.65 Å². The van der Waals surface area contributed by atoms with Crippen LogP contribution in [0.1, 0.15) is 31.9 Å². The SMILES string of the molecule is CCCC#Cc1ccc2ccc(NC(=O)CCN)nc2n1. The molecule has 0 bridgehead atoms. The first-order chi connectivity index (χ1) is 10.2. The van der Waals surface area contributed by atoms with Crippen LogP contribution in [0.2, 0.25) is 0 Å². The van der Waals surface area contributed by atoms with Gasteiger partial charge in [0, 0.05) is 24.8 Å². The molecule has 0 saturated heterocycles. The quantitative estimate of drug-likeness (QED) is 0.841. The van der Waals surface area contributed by atoms with Gasteiger partial charge >= 0.3 is 0 Å². The summed E-state index contributed by atoms with van der Waals surface area (Å²) in [5.41, 5.74) is 6.60. The smallest absolute Gasteiger partial charge is 0.226 e. The Morgan fingerprint density at radius 2 is 2.10 bits per heavy atom. The summed E-state index contributed by atoms with van der Waals surface area (Å²) in [6.45, 7) is 2.40. The van der Waals surface area contributed by atoms with E-state index in [0.717, 1.165) is 18.2 Å². The van der Waals surface area contributed by atoms with Crippen molar-refractivity contribution >= 4 is 22.8 Å². The predicted molar refractivity (Wildman–Crippen MR) is 83.6 cm³/mol. The third kappa shape index (κ3) is 4.26. The number of pyridine rings is 2. The number of anilines is 1. The molecule has 0 unspecified atom stereocenters. The maximum Gasteiger partial charge on any atom is 0.226 e. The summed E-state index contributed by atoms with van der Waals surface area (Å²) in [4.78, 5) is 20.3. The fraction of sp³-hybridized carbons (Fsp3) is 0.312. The Kier molecular flexibility index (Phi) is 5.24. The number of rotatable bonds is 4. The van der Waals surface area contributed by atoms with Gasteiger partial charge in [-0.05, 0) is 36.6 Å². The second kappa shape index (κ2) is 7.36. The average Bonchev–Trinajstić information content (AvgIpc) is 2.47. The third-order valence-corrected chi connectivity index (χ3v) is 2.78. The van der Waals surface area contributed by atoms with Crippen molar-refractivity contribution in [3.05, 3.63) is 30.0 Å². The lowest BCUT2D eigenvalue weighted by molar-refractivity contribution is -0.116. The van der Waals surface area contributed by atoms with Crippen LogP contribution >= 0.6 is 0 Å². The number of hydrogen-bond acceptors (Lipinski definition) is 4. The number of hydrogen-bond donors (Lipinski definition) is 2. The number of nitrogens with zero attached hydrogens (tertiary/aromatic N) is 2. The number of nitrogens with two attached hydrogens (primary N) is 1. The van der Waals surface area contributed by atoms with Gasteiger partial charge in [-0.3, -0.25) is 4.79 Å². The molecule has 0 fully saturated rings. The molecule has 0 aliphatic heterocycles. The molecule has 3 N–H and O–H groups in total. The maximum absolute atomic E-state index is 11.5. The first-order valence-electron chi connectivity index (χ1n) is 6.99. The van der Waals surface area contributed by atoms with Crippen molar-refractivity contribution < 1.29 is 4.79 Å². The Hall–Kier alpha value is -2.45. The lowest BCUT2D eigenvalue weighted by atomic mass is 10.2. The van der Waals surface area contributed by atoms with Crippen LogP contribution in [0.25, 0.3) is 11.0 Å². The molecule has 5 nitrogen and oxygen atoms in total. The number of nitrogens with one attached hydrogen (secondary N) is 1. The molecule has 0 aliphatic carbocycles. The van der Waals surface area contributed by atoms with E-state index in [0.29, 0.717) is 23.7 Å². The Morgan fingerprint density at radius 1 is 1.29 bits per heavy atom. The largest absolute Gasteiger partial charge is 0.330 e. The summed E-state index contributed by atoms with van der Waals surface area (Å²) in [7, 11) is 0. The first-order valence-corrected chi connectivity index (χ1v) is 6.99. The molecule has 21 heavy (non-hydrogen) atoms. The summed E-state index contributed by atoms with van der Waals surface area (Å²) in [5.74, 6) is 6.40. The van der Waals surface area contributed by atoms with E-state index >= 15 is 0 Å². The Labute approximate surface area is 124 Å². The van der Waals surface area contributed by atoms with Gasteiger partial charge in [-0.15, -0.1) is 0 Å². The van der Waals surface area contributed by atoms with Crippen molar-refractivity contribution in [1.29, 1.82) is 0 Å². The van der Waals surface area contributed by atoms with Gasteiger partial charge in [-0.1, -0.05) is 12.8 Å². The van der Waals surface area contributed by atoms with Crippen LogP contribution in [0.5, 0.6) is 0 Å². The minimum atomic E-state index is -0.150. The van der Waals surface area contributed by atoms with E-state index in [1.807, 2.05) is 18.2 Å². The maximum atomic E-state index is 11.5. The van der Waals surface area contributed by atoms with E-state index in [1.54, 1.807) is 6.07 Å². The van der Waals surface area contributed by atoms with Gasteiger partial charge in [0.05, 0.1) is 0 Å². The van der Waals surface area contributed by atoms with Crippen molar-refractivity contribution in [1.82, 2.24) is 9.97 Å². The summed E-state index contributed by atoms with van der Waals surface area (Å²) in [6, 6.07) is 7.42. The molecule has 0 radical (unpaired) electrons. The van der Waals surface area contributed by atoms with Crippen LogP contribution in [0, 0.1) is 11.8 Å². The van der Waals surface area contributed by atoms with Gasteiger partial charge in [0.2, 0.25) is 5.91 Å². The van der Waals surface area contributed by atoms with Crippen molar-refractivity contribution in [2.24, 2.45) is 5.73 Å². The van der Waals surface area contributed by atoms with E-state index in [2.05, 4.69) is 34.0 Å². The summed E-state index contributed by atoms with van der Waals surface area (Å²) >= 11 is 0. The molecule has 1 amide bonds. The number of carbonyl (C=O) groups excluding carboxylic acids is 1. The molecule has 5 heteroatoms. The minimum absolute atomic E-state index is 0.150. The average molecular weight is 282 g/mol. The monoisotopic (exact) mass is 282 g/mol. The lowest BCUT2D eigenvalue weighted by Crippen LogP contribution is -2.16. The lowest BCUT2D eigenvalue weighted by Gasteiger charge is -2.04. The third-order valence-electron chi connectivity index (χ3n) is 2.78. The van der Waals surface area contributed by atoms with E-state index in [4.69, 9.17) is 5.73 Å². The standard InChI is InChI=1S/C16H18N4O/c1-2-3-4-5-13-8-6-12-7-9-14(20-16(12)18-13)19-15(21)10-11-17/h6-9H,2-3,10-11,17H2,1H3,(H,18,19,20,21). The van der Waals surface area contributed by atoms with E-state index in [9.17, 15) is 4.79 Å². The van der Waals surface area contributed by atoms with E-state index in [-0.39, 0.29) is 12.3 Å². The molecule has 0 atom stereocenters. The number of fused-ring (bicyclic) bond motifs is 1. The predicted octanol–water partition coefficient (Wildman–Crippen LogP) is 2.07. The van der Waals surface area contributed by atoms with Gasteiger partial charge in [-0.2, -0.15) is 0 Å². The second-order valence-corrected chi connectivity index (χ2v) is 4.58. The van der Waals surface area contributed by atoms with Crippen LogP contribution < -0.4 is 11.1 Å². The Bertz CT molecular complexity index is 700. The number of amides is 1. The number of aromatic nitrogens is 2. The molecule has 0 spiro atoms. The molecule has 2 heterocycles. The molecule has 108 valence electrons. The van der Waals surface area contributed by atoms with Crippen LogP contribution in [0.4, 0.5) is 5.82 Å². The van der Waals surface area contributed by atoms with Crippen molar-refractivity contribution in [2.75, 3.05) is 11.9 Å². The zero-order valence-corrected chi connectivity index (χ0v) is 12.0. The first kappa shape index (κ1) is 14.9. The fourth-order valence-electron chi connectivity index (χ4n) is 1.75. The zero-order chi connectivity index (χ0) is 15.1. The minimum Gasteiger partial charge on any atom is -0.330 e. The van der Waals surface area contributed by atoms with Crippen molar-refractivity contribution in [2.45, 2.75) is 26.2 Å². The van der Waals surface area contributed by atoms with Crippen LogP contribution in [0.15, 0.2) is 24.3 Å². The second-order valence-electron chi connectivity index (χ2n) is 4.58. The molecule has 0 aromatic carbocycles. The summed E-state index contributed by atoms with van der Waals surface area (Å²) in [6.07, 6.45) is 2.15. The van der Waals surface area contributed by atoms with Gasteiger partial charge in [-0.25, -0.2) is 9.97 Å². The molecule has 2 aromatic rings. The van der Waals surface area contributed by atoms with Gasteiger partial charge in [0.25, 0.3) is 0 Å². The highest BCUT2D eigenvalue weighted by Gasteiger charge is 2.04. The van der Waals surface area contributed by atoms with E-state index < -0.39 is 0 Å². The zero-order valence-electron chi connectivity index (χ0n) is 12.0. The van der Waals surface area contributed by atoms with Crippen LogP contribution in [-0.4, -0.2) is 22.4 Å². The van der Waals surface area contributed by atoms with Crippen LogP contribution in [-0.2, 0) is 4.79 Å². The Balaban J connectivity index is 2.24. The molecule has 2 rings (SSSR count). The van der Waals surface area contributed by atoms with Crippen molar-refractivity contribution in [3.63, 3.8) is 0 Å². The topological polar surface area (TPSA) is 80.9 Å². The van der Waals surface area contributed by atoms with Crippen molar-refractivity contribution in [3.8, 4) is 11.8 Å². The molecular formula is C16H18N4O. The molecule has 0 aliphatic rings. The molecule has 0 saturated carbocycles. The summed E-state index contributed by atoms with van der Waals surface area (Å²) in [5, 5.41) is 3.61. The van der Waals surface area contributed by atoms with E-state index in [1.165, 1.54) is 0 Å². The Morgan fingerprint density at radius 3 is 2.86 bits per heavy atom. The molecule has 2 aromatic heterocycles. The van der Waals surface area contributed by atoms with Crippen LogP contribution in [0.3, 0.4) is 0 Å².